The topological polar surface area (TPSA) is 83.8 Å². The second-order valence-corrected chi connectivity index (χ2v) is 3.65. The Hall–Kier alpha value is -0.210. The molecule has 6 nitrogen and oxygen atoms in total. The first-order chi connectivity index (χ1) is 5.06. The Balaban J connectivity index is 0. The molecule has 0 aromatic carbocycles. The fourth-order valence-electron chi connectivity index (χ4n) is 0.387. The van der Waals surface area contributed by atoms with Gasteiger partial charge in [0, 0.05) is 0 Å². The summed E-state index contributed by atoms with van der Waals surface area (Å²) < 4.78 is 32.2. The standard InChI is InChI=1S/C5H14NO.H2O4S/c1-5-7-6(2,3)4;1-5(2,3)4/h5H2,1-4H3;(H2,1,2,3,4)/q+1;. The number of nitrogens with zero attached hydrogens (tertiary/aromatic N) is 1. The van der Waals surface area contributed by atoms with Gasteiger partial charge in [-0.3, -0.25) is 9.11 Å². The Morgan fingerprint density at radius 3 is 1.50 bits per heavy atom. The maximum atomic E-state index is 8.74. The van der Waals surface area contributed by atoms with E-state index in [1.54, 1.807) is 0 Å². The van der Waals surface area contributed by atoms with E-state index >= 15 is 0 Å². The fraction of sp³-hybridized carbons (Fsp3) is 1.00. The molecule has 12 heavy (non-hydrogen) atoms. The van der Waals surface area contributed by atoms with Crippen molar-refractivity contribution in [1.82, 2.24) is 0 Å². The van der Waals surface area contributed by atoms with Crippen LogP contribution in [0.2, 0.25) is 0 Å². The summed E-state index contributed by atoms with van der Waals surface area (Å²) in [6.07, 6.45) is 0. The van der Waals surface area contributed by atoms with Gasteiger partial charge in [0.05, 0.1) is 21.1 Å². The SMILES string of the molecule is CCO[N+](C)(C)C.O=S(=O)(O)O. The Morgan fingerprint density at radius 1 is 1.25 bits per heavy atom. The van der Waals surface area contributed by atoms with Gasteiger partial charge in [-0.25, -0.2) is 4.84 Å². The molecule has 0 aromatic rings. The molecular weight excluding hydrogens is 186 g/mol. The zero-order chi connectivity index (χ0) is 10.4. The molecule has 0 fully saturated rings. The summed E-state index contributed by atoms with van der Waals surface area (Å²) in [4.78, 5) is 5.17. The smallest absolute Gasteiger partial charge is 0.264 e. The van der Waals surface area contributed by atoms with E-state index in [1.807, 2.05) is 28.1 Å². The van der Waals surface area contributed by atoms with Gasteiger partial charge in [-0.1, -0.05) is 0 Å². The molecular formula is C5H16NO5S+. The van der Waals surface area contributed by atoms with Crippen LogP contribution in [0.25, 0.3) is 0 Å². The van der Waals surface area contributed by atoms with Crippen LogP contribution >= 0.6 is 0 Å². The van der Waals surface area contributed by atoms with Gasteiger partial charge in [0.1, 0.15) is 6.61 Å². The highest BCUT2D eigenvalue weighted by Crippen LogP contribution is 1.88. The van der Waals surface area contributed by atoms with Gasteiger partial charge >= 0.3 is 10.4 Å². The van der Waals surface area contributed by atoms with Crippen molar-refractivity contribution in [1.29, 1.82) is 0 Å². The number of hydrogen-bond acceptors (Lipinski definition) is 3. The van der Waals surface area contributed by atoms with E-state index in [9.17, 15) is 0 Å². The summed E-state index contributed by atoms with van der Waals surface area (Å²) in [5.41, 5.74) is 0. The lowest BCUT2D eigenvalue weighted by Crippen LogP contribution is -2.34. The van der Waals surface area contributed by atoms with Crippen LogP contribution in [0.1, 0.15) is 6.92 Å². The van der Waals surface area contributed by atoms with E-state index in [0.717, 1.165) is 6.61 Å². The highest BCUT2D eigenvalue weighted by molar-refractivity contribution is 7.79. The number of quaternary nitrogens is 1. The van der Waals surface area contributed by atoms with Crippen molar-refractivity contribution in [2.24, 2.45) is 0 Å². The van der Waals surface area contributed by atoms with Crippen LogP contribution in [0.5, 0.6) is 0 Å². The molecule has 0 aromatic heterocycles. The molecule has 0 aliphatic carbocycles. The van der Waals surface area contributed by atoms with E-state index in [1.165, 1.54) is 0 Å². The molecule has 0 radical (unpaired) electrons. The number of rotatable bonds is 2. The molecule has 2 N–H and O–H groups in total. The summed E-state index contributed by atoms with van der Waals surface area (Å²) in [6.45, 7) is 2.77. The van der Waals surface area contributed by atoms with Crippen LogP contribution in [0.4, 0.5) is 0 Å². The lowest BCUT2D eigenvalue weighted by Gasteiger charge is -2.19. The fourth-order valence-corrected chi connectivity index (χ4v) is 0.387. The van der Waals surface area contributed by atoms with Crippen LogP contribution in [0.3, 0.4) is 0 Å². The van der Waals surface area contributed by atoms with E-state index in [4.69, 9.17) is 22.4 Å². The average molecular weight is 202 g/mol. The van der Waals surface area contributed by atoms with E-state index in [2.05, 4.69) is 0 Å². The van der Waals surface area contributed by atoms with Crippen molar-refractivity contribution < 1.29 is 27.0 Å². The largest absolute Gasteiger partial charge is 0.394 e. The van der Waals surface area contributed by atoms with Crippen molar-refractivity contribution >= 4 is 10.4 Å². The summed E-state index contributed by atoms with van der Waals surface area (Å²) in [5, 5.41) is 0. The highest BCUT2D eigenvalue weighted by Gasteiger charge is 2.03. The number of hydrogen-bond donors (Lipinski definition) is 2. The second-order valence-electron chi connectivity index (χ2n) is 2.75. The molecule has 0 saturated carbocycles. The van der Waals surface area contributed by atoms with Crippen LogP contribution < -0.4 is 0 Å². The van der Waals surface area contributed by atoms with Crippen molar-refractivity contribution in [3.05, 3.63) is 0 Å². The van der Waals surface area contributed by atoms with Gasteiger partial charge in [-0.15, -0.1) is 0 Å². The molecule has 0 saturated heterocycles. The van der Waals surface area contributed by atoms with Crippen molar-refractivity contribution in [3.8, 4) is 0 Å². The first-order valence-corrected chi connectivity index (χ1v) is 4.62. The average Bonchev–Trinajstić information content (AvgIpc) is 1.54. The zero-order valence-electron chi connectivity index (χ0n) is 7.68. The first-order valence-electron chi connectivity index (χ1n) is 3.22. The zero-order valence-corrected chi connectivity index (χ0v) is 8.50. The molecule has 0 unspecified atom stereocenters. The molecule has 0 spiro atoms. The van der Waals surface area contributed by atoms with E-state index < -0.39 is 10.4 Å². The van der Waals surface area contributed by atoms with Gasteiger partial charge in [0.2, 0.25) is 0 Å². The third kappa shape index (κ3) is 52.7. The van der Waals surface area contributed by atoms with Crippen LogP contribution in [-0.2, 0) is 15.2 Å². The third-order valence-electron chi connectivity index (χ3n) is 0.516. The molecule has 0 bridgehead atoms. The minimum atomic E-state index is -4.67. The molecule has 0 heterocycles. The van der Waals surface area contributed by atoms with E-state index in [-0.39, 0.29) is 0 Å². The first kappa shape index (κ1) is 14.3. The van der Waals surface area contributed by atoms with Gasteiger partial charge in [-0.2, -0.15) is 13.1 Å². The minimum Gasteiger partial charge on any atom is -0.264 e. The Kier molecular flexibility index (Phi) is 6.49. The van der Waals surface area contributed by atoms with E-state index in [0.29, 0.717) is 4.65 Å². The molecule has 7 heteroatoms. The lowest BCUT2D eigenvalue weighted by molar-refractivity contribution is -1.06. The molecule has 0 amide bonds. The second kappa shape index (κ2) is 5.44. The monoisotopic (exact) mass is 202 g/mol. The predicted octanol–water partition coefficient (Wildman–Crippen LogP) is -0.00870. The third-order valence-corrected chi connectivity index (χ3v) is 0.516. The normalized spacial score (nSPS) is 11.8. The minimum absolute atomic E-state index is 0.594. The van der Waals surface area contributed by atoms with Crippen molar-refractivity contribution in [3.63, 3.8) is 0 Å². The molecule has 0 aliphatic rings. The van der Waals surface area contributed by atoms with Gasteiger partial charge in [0.25, 0.3) is 0 Å². The van der Waals surface area contributed by atoms with Crippen LogP contribution in [0.15, 0.2) is 0 Å². The molecule has 0 rings (SSSR count). The Bertz CT molecular complexity index is 184. The lowest BCUT2D eigenvalue weighted by atomic mass is 10.9. The van der Waals surface area contributed by atoms with Gasteiger partial charge in [0.15, 0.2) is 0 Å². The van der Waals surface area contributed by atoms with Crippen LogP contribution in [-0.4, -0.2) is 49.9 Å². The summed E-state index contributed by atoms with van der Waals surface area (Å²) in [7, 11) is 1.30. The maximum Gasteiger partial charge on any atom is 0.394 e. The predicted molar refractivity (Wildman–Crippen MR) is 43.8 cm³/mol. The quantitative estimate of drug-likeness (QED) is 0.374. The highest BCUT2D eigenvalue weighted by atomic mass is 32.3. The van der Waals surface area contributed by atoms with Crippen molar-refractivity contribution in [2.75, 3.05) is 27.7 Å². The Morgan fingerprint density at radius 2 is 1.50 bits per heavy atom. The maximum absolute atomic E-state index is 8.74. The van der Waals surface area contributed by atoms with Crippen molar-refractivity contribution in [2.45, 2.75) is 6.92 Å². The molecule has 76 valence electrons. The summed E-state index contributed by atoms with van der Waals surface area (Å²) in [5.74, 6) is 0. The Labute approximate surface area is 72.9 Å². The van der Waals surface area contributed by atoms with Gasteiger partial charge in [-0.05, 0) is 6.92 Å². The van der Waals surface area contributed by atoms with Gasteiger partial charge < -0.3 is 0 Å². The molecule has 0 atom stereocenters. The summed E-state index contributed by atoms with van der Waals surface area (Å²) in [6, 6.07) is 0. The van der Waals surface area contributed by atoms with Crippen LogP contribution in [0, 0.1) is 0 Å². The molecule has 0 aliphatic heterocycles. The summed E-state index contributed by atoms with van der Waals surface area (Å²) >= 11 is 0. The number of hydroxylamine groups is 3.